The maximum atomic E-state index is 12.1. The molecular weight excluding hydrogens is 334 g/mol. The van der Waals surface area contributed by atoms with Crippen molar-refractivity contribution in [2.24, 2.45) is 0 Å². The molecule has 0 aromatic heterocycles. The van der Waals surface area contributed by atoms with Crippen molar-refractivity contribution in [3.05, 3.63) is 29.8 Å². The first-order valence-electron chi connectivity index (χ1n) is 7.47. The van der Waals surface area contributed by atoms with Crippen LogP contribution >= 0.6 is 12.4 Å². The summed E-state index contributed by atoms with van der Waals surface area (Å²) in [5, 5.41) is 11.8. The lowest BCUT2D eigenvalue weighted by atomic mass is 10.2. The predicted octanol–water partition coefficient (Wildman–Crippen LogP) is 1.30. The molecule has 2 N–H and O–H groups in total. The van der Waals surface area contributed by atoms with Crippen LogP contribution in [-0.4, -0.2) is 65.9 Å². The molecule has 1 atom stereocenters. The molecule has 2 amide bonds. The predicted molar refractivity (Wildman–Crippen MR) is 92.6 cm³/mol. The molecule has 1 aromatic carbocycles. The van der Waals surface area contributed by atoms with Gasteiger partial charge in [-0.2, -0.15) is 0 Å². The van der Waals surface area contributed by atoms with Gasteiger partial charge in [0.15, 0.2) is 0 Å². The summed E-state index contributed by atoms with van der Waals surface area (Å²) >= 11 is 0. The summed E-state index contributed by atoms with van der Waals surface area (Å²) < 4.78 is 0. The highest BCUT2D eigenvalue weighted by Gasteiger charge is 2.31. The number of carbonyl (C=O) groups is 3. The summed E-state index contributed by atoms with van der Waals surface area (Å²) in [6, 6.07) is 6.09. The lowest BCUT2D eigenvalue weighted by Gasteiger charge is -2.20. The maximum absolute atomic E-state index is 12.1. The summed E-state index contributed by atoms with van der Waals surface area (Å²) in [6.07, 6.45) is 1.34. The van der Waals surface area contributed by atoms with Crippen LogP contribution in [0.3, 0.4) is 0 Å². The third kappa shape index (κ3) is 4.94. The number of benzene rings is 1. The Labute approximate surface area is 147 Å². The van der Waals surface area contributed by atoms with Crippen LogP contribution < -0.4 is 5.32 Å². The van der Waals surface area contributed by atoms with Gasteiger partial charge in [0, 0.05) is 25.3 Å². The standard InChI is InChI=1S/C16H21N3O4.ClH/c1-18(2)15(21)11-5-3-6-12(9-11)17-14(20)10-19-8-4-7-13(19)16(22)23;/h3,5-6,9,13H,4,7-8,10H2,1-2H3,(H,17,20)(H,22,23);1H/t13-;/m0./s1. The Morgan fingerprint density at radius 3 is 2.67 bits per heavy atom. The van der Waals surface area contributed by atoms with E-state index in [2.05, 4.69) is 5.32 Å². The van der Waals surface area contributed by atoms with Crippen LogP contribution in [0.15, 0.2) is 24.3 Å². The van der Waals surface area contributed by atoms with Crippen LogP contribution in [0.4, 0.5) is 5.69 Å². The number of anilines is 1. The summed E-state index contributed by atoms with van der Waals surface area (Å²) in [7, 11) is 3.32. The van der Waals surface area contributed by atoms with E-state index < -0.39 is 12.0 Å². The average molecular weight is 356 g/mol. The van der Waals surface area contributed by atoms with E-state index in [4.69, 9.17) is 5.11 Å². The first-order chi connectivity index (χ1) is 10.9. The van der Waals surface area contributed by atoms with Crippen LogP contribution in [0, 0.1) is 0 Å². The van der Waals surface area contributed by atoms with Crippen molar-refractivity contribution < 1.29 is 19.5 Å². The zero-order valence-electron chi connectivity index (χ0n) is 13.7. The van der Waals surface area contributed by atoms with E-state index in [1.54, 1.807) is 43.3 Å². The average Bonchev–Trinajstić information content (AvgIpc) is 2.94. The summed E-state index contributed by atoms with van der Waals surface area (Å²) in [5.74, 6) is -1.33. The third-order valence-electron chi connectivity index (χ3n) is 3.79. The Balaban J connectivity index is 0.00000288. The molecule has 24 heavy (non-hydrogen) atoms. The number of hydrogen-bond acceptors (Lipinski definition) is 4. The van der Waals surface area contributed by atoms with Crippen molar-refractivity contribution >= 4 is 35.9 Å². The van der Waals surface area contributed by atoms with Gasteiger partial charge < -0.3 is 15.3 Å². The lowest BCUT2D eigenvalue weighted by Crippen LogP contribution is -2.40. The van der Waals surface area contributed by atoms with Gasteiger partial charge >= 0.3 is 5.97 Å². The van der Waals surface area contributed by atoms with Gasteiger partial charge in [0.25, 0.3) is 5.91 Å². The van der Waals surface area contributed by atoms with Crippen molar-refractivity contribution in [3.63, 3.8) is 0 Å². The Hall–Kier alpha value is -2.12. The fourth-order valence-electron chi connectivity index (χ4n) is 2.67. The normalized spacial score (nSPS) is 17.0. The zero-order valence-corrected chi connectivity index (χ0v) is 14.5. The minimum Gasteiger partial charge on any atom is -0.480 e. The number of carboxylic acids is 1. The largest absolute Gasteiger partial charge is 0.480 e. The SMILES string of the molecule is CN(C)C(=O)c1cccc(NC(=O)CN2CCC[C@H]2C(=O)O)c1.Cl. The Kier molecular flexibility index (Phi) is 7.18. The highest BCUT2D eigenvalue weighted by Crippen LogP contribution is 2.17. The van der Waals surface area contributed by atoms with Crippen LogP contribution in [-0.2, 0) is 9.59 Å². The topological polar surface area (TPSA) is 90.0 Å². The number of nitrogens with zero attached hydrogens (tertiary/aromatic N) is 2. The number of amides is 2. The van der Waals surface area contributed by atoms with Gasteiger partial charge in [0.1, 0.15) is 6.04 Å². The highest BCUT2D eigenvalue weighted by atomic mass is 35.5. The molecule has 1 heterocycles. The van der Waals surface area contributed by atoms with Crippen molar-refractivity contribution in [1.29, 1.82) is 0 Å². The molecule has 0 bridgehead atoms. The molecular formula is C16H22ClN3O4. The summed E-state index contributed by atoms with van der Waals surface area (Å²) in [5.41, 5.74) is 1.01. The molecule has 7 nitrogen and oxygen atoms in total. The van der Waals surface area contributed by atoms with Crippen LogP contribution in [0.2, 0.25) is 0 Å². The van der Waals surface area contributed by atoms with Crippen molar-refractivity contribution in [3.8, 4) is 0 Å². The Bertz CT molecular complexity index is 621. The number of aliphatic carboxylic acids is 1. The minimum atomic E-state index is -0.895. The first-order valence-corrected chi connectivity index (χ1v) is 7.47. The second kappa shape index (κ2) is 8.65. The fourth-order valence-corrected chi connectivity index (χ4v) is 2.67. The van der Waals surface area contributed by atoms with Gasteiger partial charge in [-0.25, -0.2) is 0 Å². The summed E-state index contributed by atoms with van der Waals surface area (Å²) in [6.45, 7) is 0.631. The number of rotatable bonds is 5. The molecule has 1 aliphatic rings. The van der Waals surface area contributed by atoms with Gasteiger partial charge in [-0.1, -0.05) is 6.07 Å². The molecule has 0 radical (unpaired) electrons. The molecule has 132 valence electrons. The van der Waals surface area contributed by atoms with Crippen LogP contribution in [0.1, 0.15) is 23.2 Å². The van der Waals surface area contributed by atoms with E-state index in [1.165, 1.54) is 4.90 Å². The molecule has 1 fully saturated rings. The van der Waals surface area contributed by atoms with Gasteiger partial charge in [-0.3, -0.25) is 19.3 Å². The fraction of sp³-hybridized carbons (Fsp3) is 0.438. The number of carboxylic acid groups (broad SMARTS) is 1. The number of nitrogens with one attached hydrogen (secondary N) is 1. The summed E-state index contributed by atoms with van der Waals surface area (Å²) in [4.78, 5) is 38.3. The number of halogens is 1. The van der Waals surface area contributed by atoms with Crippen molar-refractivity contribution in [2.75, 3.05) is 32.5 Å². The monoisotopic (exact) mass is 355 g/mol. The van der Waals surface area contributed by atoms with E-state index in [1.807, 2.05) is 0 Å². The van der Waals surface area contributed by atoms with E-state index in [0.29, 0.717) is 24.2 Å². The van der Waals surface area contributed by atoms with Crippen LogP contribution in [0.25, 0.3) is 0 Å². The van der Waals surface area contributed by atoms with E-state index >= 15 is 0 Å². The van der Waals surface area contributed by atoms with Gasteiger partial charge in [-0.05, 0) is 37.6 Å². The van der Waals surface area contributed by atoms with E-state index in [9.17, 15) is 14.4 Å². The van der Waals surface area contributed by atoms with Gasteiger partial charge in [-0.15, -0.1) is 12.4 Å². The second-order valence-corrected chi connectivity index (χ2v) is 5.80. The third-order valence-corrected chi connectivity index (χ3v) is 3.79. The van der Waals surface area contributed by atoms with E-state index in [0.717, 1.165) is 6.42 Å². The molecule has 2 rings (SSSR count). The van der Waals surface area contributed by atoms with Crippen LogP contribution in [0.5, 0.6) is 0 Å². The first kappa shape index (κ1) is 19.9. The number of carbonyl (C=O) groups excluding carboxylic acids is 2. The number of hydrogen-bond donors (Lipinski definition) is 2. The molecule has 1 saturated heterocycles. The quantitative estimate of drug-likeness (QED) is 0.830. The van der Waals surface area contributed by atoms with E-state index in [-0.39, 0.29) is 30.8 Å². The Morgan fingerprint density at radius 2 is 2.04 bits per heavy atom. The second-order valence-electron chi connectivity index (χ2n) is 5.80. The molecule has 0 saturated carbocycles. The Morgan fingerprint density at radius 1 is 1.33 bits per heavy atom. The lowest BCUT2D eigenvalue weighted by molar-refractivity contribution is -0.142. The molecule has 1 aliphatic heterocycles. The maximum Gasteiger partial charge on any atom is 0.320 e. The molecule has 1 aromatic rings. The molecule has 0 unspecified atom stereocenters. The van der Waals surface area contributed by atoms with Gasteiger partial charge in [0.2, 0.25) is 5.91 Å². The molecule has 0 aliphatic carbocycles. The van der Waals surface area contributed by atoms with Gasteiger partial charge in [0.05, 0.1) is 6.54 Å². The highest BCUT2D eigenvalue weighted by molar-refractivity contribution is 5.97. The van der Waals surface area contributed by atoms with Crippen molar-refractivity contribution in [2.45, 2.75) is 18.9 Å². The smallest absolute Gasteiger partial charge is 0.320 e. The molecule has 0 spiro atoms. The number of likely N-dealkylation sites (tertiary alicyclic amines) is 1. The molecule has 8 heteroatoms. The minimum absolute atomic E-state index is 0. The zero-order chi connectivity index (χ0) is 17.0. The van der Waals surface area contributed by atoms with Crippen molar-refractivity contribution in [1.82, 2.24) is 9.80 Å².